The lowest BCUT2D eigenvalue weighted by atomic mass is 10.1. The number of piperazine rings is 1. The molecule has 0 bridgehead atoms. The largest absolute Gasteiger partial charge is 0.345 e. The maximum atomic E-state index is 12.1. The first-order valence-corrected chi connectivity index (χ1v) is 8.69. The van der Waals surface area contributed by atoms with E-state index >= 15 is 0 Å². The number of carbonyl (C=O) groups is 1. The van der Waals surface area contributed by atoms with Crippen LogP contribution in [0.5, 0.6) is 0 Å². The molecule has 0 atom stereocenters. The molecule has 0 aliphatic carbocycles. The van der Waals surface area contributed by atoms with Crippen molar-refractivity contribution in [2.75, 3.05) is 31.1 Å². The van der Waals surface area contributed by atoms with Crippen LogP contribution in [0.4, 0.5) is 5.13 Å². The molecule has 0 saturated carbocycles. The molecule has 3 rings (SSSR count). The van der Waals surface area contributed by atoms with Crippen molar-refractivity contribution in [3.63, 3.8) is 0 Å². The maximum absolute atomic E-state index is 12.1. The van der Waals surface area contributed by atoms with Crippen LogP contribution in [0.2, 0.25) is 0 Å². The first-order valence-electron chi connectivity index (χ1n) is 7.88. The van der Waals surface area contributed by atoms with E-state index in [2.05, 4.69) is 30.9 Å². The second kappa shape index (κ2) is 5.88. The minimum Gasteiger partial charge on any atom is -0.345 e. The van der Waals surface area contributed by atoms with Crippen molar-refractivity contribution in [1.82, 2.24) is 9.88 Å². The summed E-state index contributed by atoms with van der Waals surface area (Å²) in [5, 5.41) is 1.08. The third kappa shape index (κ3) is 2.70. The van der Waals surface area contributed by atoms with Crippen molar-refractivity contribution < 1.29 is 4.79 Å². The summed E-state index contributed by atoms with van der Waals surface area (Å²) in [7, 11) is 0. The third-order valence-electron chi connectivity index (χ3n) is 4.43. The number of aromatic nitrogens is 1. The van der Waals surface area contributed by atoms with Crippen molar-refractivity contribution in [1.29, 1.82) is 0 Å². The van der Waals surface area contributed by atoms with Crippen LogP contribution >= 0.6 is 11.3 Å². The summed E-state index contributed by atoms with van der Waals surface area (Å²) in [5.74, 6) is 0.343. The maximum Gasteiger partial charge on any atom is 0.225 e. The number of aryl methyl sites for hydroxylation is 2. The molecule has 22 heavy (non-hydrogen) atoms. The van der Waals surface area contributed by atoms with Gasteiger partial charge < -0.3 is 9.80 Å². The van der Waals surface area contributed by atoms with Crippen molar-refractivity contribution in [2.45, 2.75) is 27.7 Å². The molecule has 1 saturated heterocycles. The normalized spacial score (nSPS) is 15.9. The Labute approximate surface area is 135 Å². The molecule has 1 aliphatic heterocycles. The Balaban J connectivity index is 1.77. The van der Waals surface area contributed by atoms with Gasteiger partial charge in [0, 0.05) is 32.1 Å². The van der Waals surface area contributed by atoms with Crippen LogP contribution in [-0.2, 0) is 4.79 Å². The molecule has 1 aromatic heterocycles. The highest BCUT2D eigenvalue weighted by Crippen LogP contribution is 2.32. The number of thiazole rings is 1. The van der Waals surface area contributed by atoms with Gasteiger partial charge in [-0.2, -0.15) is 0 Å². The Morgan fingerprint density at radius 1 is 1.18 bits per heavy atom. The van der Waals surface area contributed by atoms with Gasteiger partial charge in [0.2, 0.25) is 5.91 Å². The van der Waals surface area contributed by atoms with E-state index < -0.39 is 0 Å². The van der Waals surface area contributed by atoms with Gasteiger partial charge >= 0.3 is 0 Å². The summed E-state index contributed by atoms with van der Waals surface area (Å²) in [5.41, 5.74) is 3.69. The molecule has 0 unspecified atom stereocenters. The summed E-state index contributed by atoms with van der Waals surface area (Å²) >= 11 is 1.75. The standard InChI is InChI=1S/C17H23N3OS/c1-11(2)16(21)19-7-9-20(10-8-19)17-18-15-13(4)12(3)5-6-14(15)22-17/h5-6,11H,7-10H2,1-4H3. The van der Waals surface area contributed by atoms with E-state index in [4.69, 9.17) is 4.98 Å². The lowest BCUT2D eigenvalue weighted by Crippen LogP contribution is -2.49. The quantitative estimate of drug-likeness (QED) is 0.853. The Kier molecular flexibility index (Phi) is 4.08. The number of fused-ring (bicyclic) bond motifs is 1. The number of carbonyl (C=O) groups excluding carboxylic acids is 1. The van der Waals surface area contributed by atoms with Crippen LogP contribution in [0.25, 0.3) is 10.2 Å². The SMILES string of the molecule is Cc1ccc2sc(N3CCN(C(=O)C(C)C)CC3)nc2c1C. The van der Waals surface area contributed by atoms with Gasteiger partial charge in [0.15, 0.2) is 5.13 Å². The molecule has 0 radical (unpaired) electrons. The van der Waals surface area contributed by atoms with E-state index in [1.54, 1.807) is 11.3 Å². The number of benzene rings is 1. The van der Waals surface area contributed by atoms with Crippen molar-refractivity contribution in [2.24, 2.45) is 5.92 Å². The van der Waals surface area contributed by atoms with Gasteiger partial charge in [-0.05, 0) is 31.0 Å². The third-order valence-corrected chi connectivity index (χ3v) is 5.51. The molecule has 1 fully saturated rings. The van der Waals surface area contributed by atoms with E-state index in [1.165, 1.54) is 15.8 Å². The highest BCUT2D eigenvalue weighted by Gasteiger charge is 2.24. The summed E-state index contributed by atoms with van der Waals surface area (Å²) in [6.45, 7) is 11.5. The lowest BCUT2D eigenvalue weighted by molar-refractivity contribution is -0.134. The highest BCUT2D eigenvalue weighted by molar-refractivity contribution is 7.22. The first-order chi connectivity index (χ1) is 10.5. The zero-order chi connectivity index (χ0) is 15.9. The molecular formula is C17H23N3OS. The van der Waals surface area contributed by atoms with E-state index in [1.807, 2.05) is 18.7 Å². The Hall–Kier alpha value is -1.62. The summed E-state index contributed by atoms with van der Waals surface area (Å²) in [6, 6.07) is 4.33. The number of amides is 1. The van der Waals surface area contributed by atoms with Crippen LogP contribution in [-0.4, -0.2) is 42.0 Å². The second-order valence-electron chi connectivity index (χ2n) is 6.32. The second-order valence-corrected chi connectivity index (χ2v) is 7.33. The van der Waals surface area contributed by atoms with E-state index in [9.17, 15) is 4.79 Å². The molecule has 2 heterocycles. The van der Waals surface area contributed by atoms with Gasteiger partial charge in [-0.1, -0.05) is 31.3 Å². The average molecular weight is 317 g/mol. The number of hydrogen-bond donors (Lipinski definition) is 0. The molecule has 0 N–H and O–H groups in total. The fourth-order valence-corrected chi connectivity index (χ4v) is 3.91. The summed E-state index contributed by atoms with van der Waals surface area (Å²) in [6.07, 6.45) is 0. The van der Waals surface area contributed by atoms with Gasteiger partial charge in [0.05, 0.1) is 10.2 Å². The monoisotopic (exact) mass is 317 g/mol. The molecule has 5 heteroatoms. The number of anilines is 1. The molecule has 1 aliphatic rings. The zero-order valence-corrected chi connectivity index (χ0v) is 14.5. The predicted octanol–water partition coefficient (Wildman–Crippen LogP) is 3.22. The number of nitrogens with zero attached hydrogens (tertiary/aromatic N) is 3. The molecule has 1 aromatic carbocycles. The topological polar surface area (TPSA) is 36.4 Å². The predicted molar refractivity (Wildman–Crippen MR) is 92.7 cm³/mol. The molecule has 0 spiro atoms. The Morgan fingerprint density at radius 3 is 2.50 bits per heavy atom. The van der Waals surface area contributed by atoms with Gasteiger partial charge in [0.25, 0.3) is 0 Å². The van der Waals surface area contributed by atoms with Crippen molar-refractivity contribution in [3.8, 4) is 0 Å². The van der Waals surface area contributed by atoms with Crippen LogP contribution in [0.15, 0.2) is 12.1 Å². The molecular weight excluding hydrogens is 294 g/mol. The first kappa shape index (κ1) is 15.3. The van der Waals surface area contributed by atoms with Gasteiger partial charge in [-0.25, -0.2) is 4.98 Å². The fraction of sp³-hybridized carbons (Fsp3) is 0.529. The van der Waals surface area contributed by atoms with E-state index in [0.717, 1.165) is 36.8 Å². The highest BCUT2D eigenvalue weighted by atomic mass is 32.1. The van der Waals surface area contributed by atoms with Crippen LogP contribution in [0.1, 0.15) is 25.0 Å². The Bertz CT molecular complexity index is 699. The molecule has 4 nitrogen and oxygen atoms in total. The molecule has 2 aromatic rings. The summed E-state index contributed by atoms with van der Waals surface area (Å²) < 4.78 is 1.25. The molecule has 118 valence electrons. The van der Waals surface area contributed by atoms with Crippen LogP contribution < -0.4 is 4.90 Å². The average Bonchev–Trinajstić information content (AvgIpc) is 2.95. The minimum absolute atomic E-state index is 0.0830. The van der Waals surface area contributed by atoms with Crippen LogP contribution in [0.3, 0.4) is 0 Å². The smallest absolute Gasteiger partial charge is 0.225 e. The summed E-state index contributed by atoms with van der Waals surface area (Å²) in [4.78, 5) is 21.2. The number of hydrogen-bond acceptors (Lipinski definition) is 4. The molecule has 1 amide bonds. The lowest BCUT2D eigenvalue weighted by Gasteiger charge is -2.35. The van der Waals surface area contributed by atoms with Crippen molar-refractivity contribution in [3.05, 3.63) is 23.3 Å². The van der Waals surface area contributed by atoms with E-state index in [-0.39, 0.29) is 11.8 Å². The fourth-order valence-electron chi connectivity index (χ4n) is 2.83. The number of rotatable bonds is 2. The zero-order valence-electron chi connectivity index (χ0n) is 13.7. The van der Waals surface area contributed by atoms with E-state index in [0.29, 0.717) is 0 Å². The van der Waals surface area contributed by atoms with Crippen LogP contribution in [0, 0.1) is 19.8 Å². The van der Waals surface area contributed by atoms with Gasteiger partial charge in [-0.3, -0.25) is 4.79 Å². The van der Waals surface area contributed by atoms with Crippen molar-refractivity contribution >= 4 is 32.6 Å². The Morgan fingerprint density at radius 2 is 1.86 bits per heavy atom. The van der Waals surface area contributed by atoms with Gasteiger partial charge in [0.1, 0.15) is 0 Å². The van der Waals surface area contributed by atoms with Gasteiger partial charge in [-0.15, -0.1) is 0 Å². The minimum atomic E-state index is 0.0830.